The predicted molar refractivity (Wildman–Crippen MR) is 84.0 cm³/mol. The van der Waals surface area contributed by atoms with Crippen LogP contribution in [0.2, 0.25) is 0 Å². The molecule has 0 fully saturated rings. The van der Waals surface area contributed by atoms with Gasteiger partial charge in [-0.25, -0.2) is 5.43 Å². The van der Waals surface area contributed by atoms with Gasteiger partial charge < -0.3 is 0 Å². The first-order chi connectivity index (χ1) is 11.8. The number of hydrogen-bond donors (Lipinski definition) is 1. The van der Waals surface area contributed by atoms with E-state index in [-0.39, 0.29) is 17.7 Å². The molecule has 0 aliphatic carbocycles. The van der Waals surface area contributed by atoms with E-state index in [2.05, 4.69) is 10.5 Å². The molecule has 0 spiro atoms. The van der Waals surface area contributed by atoms with Crippen molar-refractivity contribution in [2.75, 3.05) is 0 Å². The number of carbonyl (C=O) groups excluding carboxylic acids is 1. The summed E-state index contributed by atoms with van der Waals surface area (Å²) in [6, 6.07) is 10.2. The molecule has 0 aliphatic rings. The number of nitro groups is 1. The van der Waals surface area contributed by atoms with Crippen molar-refractivity contribution in [2.45, 2.75) is 12.6 Å². The van der Waals surface area contributed by atoms with Gasteiger partial charge in [0, 0.05) is 17.7 Å². The van der Waals surface area contributed by atoms with Crippen LogP contribution in [0.25, 0.3) is 0 Å². The number of nitrogens with one attached hydrogen (secondary N) is 1. The summed E-state index contributed by atoms with van der Waals surface area (Å²) in [6.07, 6.45) is -3.72. The van der Waals surface area contributed by atoms with E-state index in [1.54, 1.807) is 0 Å². The molecule has 0 aliphatic heterocycles. The molecule has 0 heterocycles. The van der Waals surface area contributed by atoms with E-state index in [0.717, 1.165) is 12.3 Å². The molecule has 2 rings (SSSR count). The largest absolute Gasteiger partial charge is 0.417 e. The summed E-state index contributed by atoms with van der Waals surface area (Å²) in [5.74, 6) is -0.561. The molecule has 0 saturated carbocycles. The number of benzene rings is 2. The lowest BCUT2D eigenvalue weighted by molar-refractivity contribution is -0.384. The van der Waals surface area contributed by atoms with Gasteiger partial charge in [-0.15, -0.1) is 0 Å². The molecule has 9 heteroatoms. The predicted octanol–water partition coefficient (Wildman–Crippen LogP) is 3.31. The second kappa shape index (κ2) is 7.56. The summed E-state index contributed by atoms with van der Waals surface area (Å²) in [5.41, 5.74) is 1.49. The van der Waals surface area contributed by atoms with Gasteiger partial charge in [-0.3, -0.25) is 14.9 Å². The van der Waals surface area contributed by atoms with Gasteiger partial charge in [-0.05, 0) is 11.6 Å². The summed E-state index contributed by atoms with van der Waals surface area (Å²) in [5, 5.41) is 14.1. The lowest BCUT2D eigenvalue weighted by atomic mass is 10.1. The maximum absolute atomic E-state index is 12.8. The number of hydrazone groups is 1. The van der Waals surface area contributed by atoms with Crippen LogP contribution in [0.4, 0.5) is 18.9 Å². The first kappa shape index (κ1) is 18.1. The monoisotopic (exact) mass is 351 g/mol. The van der Waals surface area contributed by atoms with Crippen molar-refractivity contribution in [1.82, 2.24) is 5.43 Å². The third-order valence-corrected chi connectivity index (χ3v) is 3.17. The van der Waals surface area contributed by atoms with Gasteiger partial charge in [0.05, 0.1) is 23.1 Å². The number of hydrogen-bond acceptors (Lipinski definition) is 4. The normalized spacial score (nSPS) is 11.5. The number of rotatable bonds is 5. The zero-order valence-electron chi connectivity index (χ0n) is 12.7. The summed E-state index contributed by atoms with van der Waals surface area (Å²) in [4.78, 5) is 21.7. The SMILES string of the molecule is O=C(Cc1ccc([N+](=O)[O-])cc1)NN=Cc1ccccc1C(F)(F)F. The Morgan fingerprint density at radius 3 is 2.40 bits per heavy atom. The molecule has 0 atom stereocenters. The van der Waals surface area contributed by atoms with Crippen LogP contribution in [0.15, 0.2) is 53.6 Å². The van der Waals surface area contributed by atoms with Crippen molar-refractivity contribution >= 4 is 17.8 Å². The molecule has 0 aromatic heterocycles. The van der Waals surface area contributed by atoms with Gasteiger partial charge in [0.25, 0.3) is 5.69 Å². The molecule has 130 valence electrons. The molecule has 0 unspecified atom stereocenters. The van der Waals surface area contributed by atoms with Crippen LogP contribution < -0.4 is 5.43 Å². The fourth-order valence-corrected chi connectivity index (χ4v) is 2.00. The third kappa shape index (κ3) is 5.13. The van der Waals surface area contributed by atoms with E-state index in [0.29, 0.717) is 5.56 Å². The standard InChI is InChI=1S/C16H12F3N3O3/c17-16(18,19)14-4-2-1-3-12(14)10-20-21-15(23)9-11-5-7-13(8-6-11)22(24)25/h1-8,10H,9H2,(H,21,23). The lowest BCUT2D eigenvalue weighted by Crippen LogP contribution is -2.20. The van der Waals surface area contributed by atoms with Crippen LogP contribution in [0, 0.1) is 10.1 Å². The van der Waals surface area contributed by atoms with Crippen LogP contribution in [0.3, 0.4) is 0 Å². The molecule has 2 aromatic rings. The van der Waals surface area contributed by atoms with Crippen LogP contribution in [0.5, 0.6) is 0 Å². The van der Waals surface area contributed by atoms with Crippen LogP contribution in [-0.2, 0) is 17.4 Å². The van der Waals surface area contributed by atoms with E-state index in [4.69, 9.17) is 0 Å². The molecule has 25 heavy (non-hydrogen) atoms. The summed E-state index contributed by atoms with van der Waals surface area (Å²) < 4.78 is 38.4. The smallest absolute Gasteiger partial charge is 0.273 e. The fourth-order valence-electron chi connectivity index (χ4n) is 2.00. The number of carbonyl (C=O) groups is 1. The minimum atomic E-state index is -4.52. The van der Waals surface area contributed by atoms with Crippen LogP contribution in [0.1, 0.15) is 16.7 Å². The second-order valence-corrected chi connectivity index (χ2v) is 4.98. The van der Waals surface area contributed by atoms with E-state index in [1.165, 1.54) is 42.5 Å². The molecule has 2 aromatic carbocycles. The highest BCUT2D eigenvalue weighted by atomic mass is 19.4. The Morgan fingerprint density at radius 1 is 1.16 bits per heavy atom. The zero-order valence-corrected chi connectivity index (χ0v) is 12.7. The molecular weight excluding hydrogens is 339 g/mol. The number of amides is 1. The Morgan fingerprint density at radius 2 is 1.80 bits per heavy atom. The minimum Gasteiger partial charge on any atom is -0.273 e. The minimum absolute atomic E-state index is 0.106. The number of non-ortho nitro benzene ring substituents is 1. The molecule has 1 N–H and O–H groups in total. The fraction of sp³-hybridized carbons (Fsp3) is 0.125. The maximum atomic E-state index is 12.8. The zero-order chi connectivity index (χ0) is 18.4. The quantitative estimate of drug-likeness (QED) is 0.509. The van der Waals surface area contributed by atoms with Gasteiger partial charge >= 0.3 is 6.18 Å². The highest BCUT2D eigenvalue weighted by molar-refractivity contribution is 5.84. The number of alkyl halides is 3. The molecular formula is C16H12F3N3O3. The van der Waals surface area contributed by atoms with E-state index < -0.39 is 22.6 Å². The lowest BCUT2D eigenvalue weighted by Gasteiger charge is -2.09. The Labute approximate surface area is 140 Å². The van der Waals surface area contributed by atoms with Gasteiger partial charge in [0.2, 0.25) is 5.91 Å². The van der Waals surface area contributed by atoms with Crippen molar-refractivity contribution < 1.29 is 22.9 Å². The summed E-state index contributed by atoms with van der Waals surface area (Å²) >= 11 is 0. The van der Waals surface area contributed by atoms with Gasteiger partial charge in [-0.1, -0.05) is 30.3 Å². The summed E-state index contributed by atoms with van der Waals surface area (Å²) in [6.45, 7) is 0. The van der Waals surface area contributed by atoms with Gasteiger partial charge in [-0.2, -0.15) is 18.3 Å². The van der Waals surface area contributed by atoms with Crippen molar-refractivity contribution in [3.8, 4) is 0 Å². The van der Waals surface area contributed by atoms with E-state index >= 15 is 0 Å². The second-order valence-electron chi connectivity index (χ2n) is 4.98. The molecule has 0 bridgehead atoms. The van der Waals surface area contributed by atoms with Gasteiger partial charge in [0.1, 0.15) is 0 Å². The van der Waals surface area contributed by atoms with Crippen molar-refractivity contribution in [3.63, 3.8) is 0 Å². The van der Waals surface area contributed by atoms with Crippen molar-refractivity contribution in [3.05, 3.63) is 75.3 Å². The average molecular weight is 351 g/mol. The molecule has 0 radical (unpaired) electrons. The molecule has 1 amide bonds. The Bertz CT molecular complexity index is 802. The Balaban J connectivity index is 1.98. The summed E-state index contributed by atoms with van der Waals surface area (Å²) in [7, 11) is 0. The topological polar surface area (TPSA) is 84.6 Å². The van der Waals surface area contributed by atoms with E-state index in [1.807, 2.05) is 0 Å². The van der Waals surface area contributed by atoms with Crippen molar-refractivity contribution in [1.29, 1.82) is 0 Å². The van der Waals surface area contributed by atoms with E-state index in [9.17, 15) is 28.1 Å². The number of halogens is 3. The number of nitrogens with zero attached hydrogens (tertiary/aromatic N) is 2. The maximum Gasteiger partial charge on any atom is 0.417 e. The number of nitro benzene ring substituents is 1. The molecule has 0 saturated heterocycles. The van der Waals surface area contributed by atoms with Crippen molar-refractivity contribution in [2.24, 2.45) is 5.10 Å². The third-order valence-electron chi connectivity index (χ3n) is 3.17. The first-order valence-electron chi connectivity index (χ1n) is 6.99. The Kier molecular flexibility index (Phi) is 5.48. The highest BCUT2D eigenvalue weighted by Gasteiger charge is 2.32. The van der Waals surface area contributed by atoms with Gasteiger partial charge in [0.15, 0.2) is 0 Å². The van der Waals surface area contributed by atoms with Crippen LogP contribution >= 0.6 is 0 Å². The molecule has 6 nitrogen and oxygen atoms in total. The Hall–Kier alpha value is -3.23. The average Bonchev–Trinajstić information content (AvgIpc) is 2.55. The highest BCUT2D eigenvalue weighted by Crippen LogP contribution is 2.31. The first-order valence-corrected chi connectivity index (χ1v) is 6.99. The van der Waals surface area contributed by atoms with Crippen LogP contribution in [-0.4, -0.2) is 17.0 Å².